The van der Waals surface area contributed by atoms with Crippen molar-refractivity contribution in [2.45, 2.75) is 18.8 Å². The molecule has 1 saturated carbocycles. The Hall–Kier alpha value is -1.82. The molecular weight excluding hydrogens is 240 g/mol. The molecule has 17 heavy (non-hydrogen) atoms. The van der Waals surface area contributed by atoms with Gasteiger partial charge in [-0.25, -0.2) is 4.98 Å². The molecule has 1 fully saturated rings. The zero-order valence-corrected chi connectivity index (χ0v) is 9.70. The van der Waals surface area contributed by atoms with Gasteiger partial charge in [-0.05, 0) is 12.8 Å². The summed E-state index contributed by atoms with van der Waals surface area (Å²) in [6.45, 7) is 0. The molecule has 88 valence electrons. The van der Waals surface area contributed by atoms with Crippen LogP contribution in [0.15, 0.2) is 12.3 Å². The van der Waals surface area contributed by atoms with Crippen molar-refractivity contribution in [1.29, 1.82) is 0 Å². The van der Waals surface area contributed by atoms with Crippen LogP contribution in [0.4, 0.5) is 17.6 Å². The van der Waals surface area contributed by atoms with Gasteiger partial charge in [-0.2, -0.15) is 10.1 Å². The number of nitrogens with one attached hydrogen (secondary N) is 2. The molecule has 0 amide bonds. The molecular formula is C10H11ClN6. The number of rotatable bonds is 3. The van der Waals surface area contributed by atoms with Crippen LogP contribution in [0.3, 0.4) is 0 Å². The fraction of sp³-hybridized carbons (Fsp3) is 0.300. The Bertz CT molecular complexity index is 547. The minimum absolute atomic E-state index is 0.252. The first-order valence-electron chi connectivity index (χ1n) is 5.33. The van der Waals surface area contributed by atoms with Crippen LogP contribution >= 0.6 is 11.6 Å². The van der Waals surface area contributed by atoms with Gasteiger partial charge < -0.3 is 11.1 Å². The maximum Gasteiger partial charge on any atom is 0.230 e. The fourth-order valence-electron chi connectivity index (χ4n) is 1.56. The van der Waals surface area contributed by atoms with Crippen LogP contribution in [-0.2, 0) is 0 Å². The van der Waals surface area contributed by atoms with Crippen molar-refractivity contribution in [3.05, 3.63) is 23.0 Å². The molecule has 0 aromatic carbocycles. The van der Waals surface area contributed by atoms with Gasteiger partial charge in [0.15, 0.2) is 5.82 Å². The molecule has 2 aromatic heterocycles. The molecule has 0 unspecified atom stereocenters. The Balaban J connectivity index is 1.78. The van der Waals surface area contributed by atoms with Crippen LogP contribution in [-0.4, -0.2) is 20.2 Å². The number of anilines is 3. The Morgan fingerprint density at radius 3 is 3.00 bits per heavy atom. The topological polar surface area (TPSA) is 92.5 Å². The standard InChI is InChI=1S/C10H11ClN6/c11-6-4-13-10(15-9(6)12)14-8-3-7(16-17-8)5-1-2-5/h3-5H,1-2H2,(H4,12,13,14,15,16,17). The summed E-state index contributed by atoms with van der Waals surface area (Å²) < 4.78 is 0. The molecule has 1 aliphatic rings. The van der Waals surface area contributed by atoms with Crippen molar-refractivity contribution >= 4 is 29.2 Å². The molecule has 4 N–H and O–H groups in total. The quantitative estimate of drug-likeness (QED) is 0.775. The second-order valence-corrected chi connectivity index (χ2v) is 4.44. The molecule has 0 radical (unpaired) electrons. The molecule has 6 nitrogen and oxygen atoms in total. The Labute approximate surface area is 103 Å². The zero-order valence-electron chi connectivity index (χ0n) is 8.94. The average molecular weight is 251 g/mol. The Kier molecular flexibility index (Phi) is 2.36. The highest BCUT2D eigenvalue weighted by molar-refractivity contribution is 6.32. The lowest BCUT2D eigenvalue weighted by Gasteiger charge is -2.01. The summed E-state index contributed by atoms with van der Waals surface area (Å²) >= 11 is 5.74. The van der Waals surface area contributed by atoms with E-state index in [1.807, 2.05) is 6.07 Å². The van der Waals surface area contributed by atoms with Crippen molar-refractivity contribution < 1.29 is 0 Å². The van der Waals surface area contributed by atoms with Crippen molar-refractivity contribution in [2.24, 2.45) is 0 Å². The lowest BCUT2D eigenvalue weighted by Crippen LogP contribution is -2.00. The Morgan fingerprint density at radius 2 is 2.29 bits per heavy atom. The number of aromatic amines is 1. The molecule has 2 aromatic rings. The van der Waals surface area contributed by atoms with Gasteiger partial charge in [0.05, 0.1) is 6.20 Å². The van der Waals surface area contributed by atoms with Crippen molar-refractivity contribution in [1.82, 2.24) is 20.2 Å². The zero-order chi connectivity index (χ0) is 11.8. The Morgan fingerprint density at radius 1 is 1.47 bits per heavy atom. The van der Waals surface area contributed by atoms with Crippen LogP contribution in [0.25, 0.3) is 0 Å². The summed E-state index contributed by atoms with van der Waals surface area (Å²) in [5, 5.41) is 10.4. The van der Waals surface area contributed by atoms with E-state index in [2.05, 4.69) is 25.5 Å². The van der Waals surface area contributed by atoms with Gasteiger partial charge in [-0.15, -0.1) is 0 Å². The van der Waals surface area contributed by atoms with Crippen LogP contribution in [0.1, 0.15) is 24.5 Å². The maximum atomic E-state index is 5.74. The van der Waals surface area contributed by atoms with Crippen LogP contribution in [0, 0.1) is 0 Å². The lowest BCUT2D eigenvalue weighted by atomic mass is 10.3. The van der Waals surface area contributed by atoms with E-state index in [1.165, 1.54) is 19.0 Å². The summed E-state index contributed by atoms with van der Waals surface area (Å²) in [7, 11) is 0. The molecule has 2 heterocycles. The number of nitrogen functional groups attached to an aromatic ring is 1. The second-order valence-electron chi connectivity index (χ2n) is 4.03. The summed E-state index contributed by atoms with van der Waals surface area (Å²) in [4.78, 5) is 8.02. The SMILES string of the molecule is Nc1nc(Nc2cc(C3CC3)[nH]n2)ncc1Cl. The predicted octanol–water partition coefficient (Wildman–Crippen LogP) is 2.06. The van der Waals surface area contributed by atoms with Gasteiger partial charge in [0.25, 0.3) is 0 Å². The van der Waals surface area contributed by atoms with E-state index in [-0.39, 0.29) is 5.82 Å². The van der Waals surface area contributed by atoms with Gasteiger partial charge in [0.2, 0.25) is 5.95 Å². The summed E-state index contributed by atoms with van der Waals surface area (Å²) in [5.74, 6) is 1.96. The van der Waals surface area contributed by atoms with Gasteiger partial charge in [0, 0.05) is 17.7 Å². The van der Waals surface area contributed by atoms with Crippen molar-refractivity contribution in [3.63, 3.8) is 0 Å². The number of nitrogens with two attached hydrogens (primary N) is 1. The van der Waals surface area contributed by atoms with Gasteiger partial charge >= 0.3 is 0 Å². The predicted molar refractivity (Wildman–Crippen MR) is 65.3 cm³/mol. The van der Waals surface area contributed by atoms with Crippen molar-refractivity contribution in [3.8, 4) is 0 Å². The lowest BCUT2D eigenvalue weighted by molar-refractivity contribution is 0.965. The summed E-state index contributed by atoms with van der Waals surface area (Å²) in [6, 6.07) is 1.96. The third kappa shape index (κ3) is 2.16. The molecule has 7 heteroatoms. The minimum Gasteiger partial charge on any atom is -0.382 e. The first-order chi connectivity index (χ1) is 8.22. The van der Waals surface area contributed by atoms with Gasteiger partial charge in [0.1, 0.15) is 10.8 Å². The number of nitrogens with zero attached hydrogens (tertiary/aromatic N) is 3. The normalized spacial score (nSPS) is 14.9. The molecule has 0 spiro atoms. The highest BCUT2D eigenvalue weighted by atomic mass is 35.5. The minimum atomic E-state index is 0.252. The first-order valence-corrected chi connectivity index (χ1v) is 5.70. The van der Waals surface area contributed by atoms with Crippen LogP contribution in [0.5, 0.6) is 0 Å². The van der Waals surface area contributed by atoms with E-state index >= 15 is 0 Å². The number of aromatic nitrogens is 4. The smallest absolute Gasteiger partial charge is 0.230 e. The maximum absolute atomic E-state index is 5.74. The number of H-pyrrole nitrogens is 1. The van der Waals surface area contributed by atoms with Crippen LogP contribution in [0.2, 0.25) is 5.02 Å². The third-order valence-corrected chi connectivity index (χ3v) is 2.92. The molecule has 0 saturated heterocycles. The molecule has 0 bridgehead atoms. The van der Waals surface area contributed by atoms with E-state index < -0.39 is 0 Å². The highest BCUT2D eigenvalue weighted by Crippen LogP contribution is 2.39. The van der Waals surface area contributed by atoms with Crippen LogP contribution < -0.4 is 11.1 Å². The monoisotopic (exact) mass is 250 g/mol. The number of hydrogen-bond donors (Lipinski definition) is 3. The largest absolute Gasteiger partial charge is 0.382 e. The van der Waals surface area contributed by atoms with Crippen molar-refractivity contribution in [2.75, 3.05) is 11.1 Å². The number of hydrogen-bond acceptors (Lipinski definition) is 5. The van der Waals surface area contributed by atoms with E-state index in [9.17, 15) is 0 Å². The van der Waals surface area contributed by atoms with Gasteiger partial charge in [-0.3, -0.25) is 5.10 Å². The van der Waals surface area contributed by atoms with E-state index in [4.69, 9.17) is 17.3 Å². The highest BCUT2D eigenvalue weighted by Gasteiger charge is 2.25. The third-order valence-electron chi connectivity index (χ3n) is 2.63. The van der Waals surface area contributed by atoms with E-state index in [0.29, 0.717) is 22.7 Å². The summed E-state index contributed by atoms with van der Waals surface area (Å²) in [6.07, 6.45) is 3.92. The average Bonchev–Trinajstić information content (AvgIpc) is 3.06. The summed E-state index contributed by atoms with van der Waals surface area (Å²) in [5.41, 5.74) is 6.73. The fourth-order valence-corrected chi connectivity index (χ4v) is 1.65. The van der Waals surface area contributed by atoms with E-state index in [1.54, 1.807) is 0 Å². The first kappa shape index (κ1) is 10.3. The second kappa shape index (κ2) is 3.89. The molecule has 0 atom stereocenters. The molecule has 0 aliphatic heterocycles. The molecule has 3 rings (SSSR count). The number of halogens is 1. The van der Waals surface area contributed by atoms with E-state index in [0.717, 1.165) is 5.69 Å². The molecule has 1 aliphatic carbocycles. The van der Waals surface area contributed by atoms with Gasteiger partial charge in [-0.1, -0.05) is 11.6 Å².